The van der Waals surface area contributed by atoms with Crippen LogP contribution in [0, 0.1) is 6.92 Å². The van der Waals surface area contributed by atoms with Crippen LogP contribution in [-0.4, -0.2) is 30.7 Å². The third kappa shape index (κ3) is 1.81. The zero-order valence-corrected chi connectivity index (χ0v) is 13.5. The maximum absolute atomic E-state index is 3.81. The Morgan fingerprint density at radius 3 is 2.75 bits per heavy atom. The summed E-state index contributed by atoms with van der Waals surface area (Å²) in [6, 6.07) is 4.80. The fourth-order valence-corrected chi connectivity index (χ4v) is 4.16. The number of anilines is 1. The van der Waals surface area contributed by atoms with Gasteiger partial charge in [-0.25, -0.2) is 0 Å². The summed E-state index contributed by atoms with van der Waals surface area (Å²) in [6.45, 7) is 7.80. The summed E-state index contributed by atoms with van der Waals surface area (Å²) < 4.78 is 3.77. The fourth-order valence-electron chi connectivity index (χ4n) is 3.65. The molecule has 4 rings (SSSR count). The molecule has 0 amide bonds. The average molecular weight is 334 g/mol. The minimum absolute atomic E-state index is 1.09. The van der Waals surface area contributed by atoms with Crippen molar-refractivity contribution in [3.63, 3.8) is 0 Å². The maximum atomic E-state index is 3.81. The van der Waals surface area contributed by atoms with Gasteiger partial charge in [0.1, 0.15) is 0 Å². The van der Waals surface area contributed by atoms with Crippen LogP contribution in [-0.2, 0) is 13.0 Å². The van der Waals surface area contributed by atoms with E-state index in [1.165, 1.54) is 45.2 Å². The normalized spacial score (nSPS) is 18.8. The molecule has 4 heteroatoms. The maximum Gasteiger partial charge on any atom is 0.0528 e. The highest BCUT2D eigenvalue weighted by atomic mass is 79.9. The molecule has 0 bridgehead atoms. The van der Waals surface area contributed by atoms with E-state index in [9.17, 15) is 0 Å². The number of nitrogens with zero attached hydrogens (tertiary/aromatic N) is 2. The molecule has 2 aromatic rings. The number of hydrogen-bond acceptors (Lipinski definition) is 2. The number of benzene rings is 1. The molecule has 1 aromatic heterocycles. The monoisotopic (exact) mass is 333 g/mol. The Hall–Kier alpha value is -1.00. The number of piperazine rings is 1. The molecule has 3 nitrogen and oxygen atoms in total. The van der Waals surface area contributed by atoms with Crippen LogP contribution >= 0.6 is 15.9 Å². The lowest BCUT2D eigenvalue weighted by atomic mass is 10.0. The van der Waals surface area contributed by atoms with E-state index in [1.807, 2.05) is 0 Å². The van der Waals surface area contributed by atoms with Gasteiger partial charge in [-0.2, -0.15) is 0 Å². The third-order valence-corrected chi connectivity index (χ3v) is 5.71. The molecule has 0 spiro atoms. The lowest BCUT2D eigenvalue weighted by Gasteiger charge is -2.30. The Morgan fingerprint density at radius 1 is 1.15 bits per heavy atom. The van der Waals surface area contributed by atoms with Gasteiger partial charge in [-0.1, -0.05) is 0 Å². The predicted octanol–water partition coefficient (Wildman–Crippen LogP) is 3.07. The first-order chi connectivity index (χ1) is 9.75. The summed E-state index contributed by atoms with van der Waals surface area (Å²) in [4.78, 5) is 2.51. The van der Waals surface area contributed by atoms with Crippen molar-refractivity contribution >= 4 is 32.5 Å². The van der Waals surface area contributed by atoms with Gasteiger partial charge in [0.05, 0.1) is 5.52 Å². The summed E-state index contributed by atoms with van der Waals surface area (Å²) in [6.07, 6.45) is 2.47. The summed E-state index contributed by atoms with van der Waals surface area (Å²) >= 11 is 3.81. The standard InChI is InChI=1S/C16H20BrN3/c1-11-15(17)14-10-13(19-7-4-18-5-8-19)9-12-3-2-6-20(11)16(12)14/h9-10,18H,2-8H2,1H3. The van der Waals surface area contributed by atoms with Crippen molar-refractivity contribution in [3.8, 4) is 0 Å². The third-order valence-electron chi connectivity index (χ3n) is 4.71. The SMILES string of the molecule is Cc1c(Br)c2cc(N3CCNCC3)cc3c2n1CCC3. The van der Waals surface area contributed by atoms with Crippen LogP contribution in [0.5, 0.6) is 0 Å². The highest BCUT2D eigenvalue weighted by molar-refractivity contribution is 9.10. The Bertz CT molecular complexity index is 668. The predicted molar refractivity (Wildman–Crippen MR) is 87.8 cm³/mol. The lowest BCUT2D eigenvalue weighted by molar-refractivity contribution is 0.588. The van der Waals surface area contributed by atoms with Crippen molar-refractivity contribution in [2.45, 2.75) is 26.3 Å². The van der Waals surface area contributed by atoms with Crippen LogP contribution in [0.25, 0.3) is 10.9 Å². The molecule has 20 heavy (non-hydrogen) atoms. The van der Waals surface area contributed by atoms with E-state index in [0.29, 0.717) is 0 Å². The number of halogens is 1. The summed E-state index contributed by atoms with van der Waals surface area (Å²) in [5, 5.41) is 4.83. The molecule has 0 unspecified atom stereocenters. The summed E-state index contributed by atoms with van der Waals surface area (Å²) in [5.74, 6) is 0. The number of aryl methyl sites for hydroxylation is 2. The Morgan fingerprint density at radius 2 is 1.95 bits per heavy atom. The highest BCUT2D eigenvalue weighted by Crippen LogP contribution is 2.38. The van der Waals surface area contributed by atoms with Crippen LogP contribution in [0.15, 0.2) is 16.6 Å². The number of hydrogen-bond donors (Lipinski definition) is 1. The van der Waals surface area contributed by atoms with Gasteiger partial charge in [0.2, 0.25) is 0 Å². The van der Waals surface area contributed by atoms with Crippen LogP contribution in [0.2, 0.25) is 0 Å². The number of rotatable bonds is 1. The Balaban J connectivity index is 1.91. The van der Waals surface area contributed by atoms with Gasteiger partial charge in [0.25, 0.3) is 0 Å². The minimum atomic E-state index is 1.09. The van der Waals surface area contributed by atoms with Crippen LogP contribution in [0.4, 0.5) is 5.69 Å². The second-order valence-corrected chi connectivity index (χ2v) is 6.69. The molecule has 1 fully saturated rings. The Kier molecular flexibility index (Phi) is 3.04. The van der Waals surface area contributed by atoms with Crippen molar-refractivity contribution in [3.05, 3.63) is 27.9 Å². The van der Waals surface area contributed by atoms with E-state index in [1.54, 1.807) is 0 Å². The second kappa shape index (κ2) is 4.78. The molecule has 106 valence electrons. The number of nitrogens with one attached hydrogen (secondary N) is 1. The second-order valence-electron chi connectivity index (χ2n) is 5.89. The first kappa shape index (κ1) is 12.7. The van der Waals surface area contributed by atoms with E-state index >= 15 is 0 Å². The fraction of sp³-hybridized carbons (Fsp3) is 0.500. The van der Waals surface area contributed by atoms with Gasteiger partial charge >= 0.3 is 0 Å². The van der Waals surface area contributed by atoms with E-state index < -0.39 is 0 Å². The average Bonchev–Trinajstić information content (AvgIpc) is 2.75. The van der Waals surface area contributed by atoms with Gasteiger partial charge in [0, 0.05) is 54.0 Å². The van der Waals surface area contributed by atoms with Gasteiger partial charge < -0.3 is 14.8 Å². The largest absolute Gasteiger partial charge is 0.369 e. The topological polar surface area (TPSA) is 20.2 Å². The van der Waals surface area contributed by atoms with Crippen LogP contribution < -0.4 is 10.2 Å². The highest BCUT2D eigenvalue weighted by Gasteiger charge is 2.21. The molecule has 1 saturated heterocycles. The molecule has 0 aliphatic carbocycles. The van der Waals surface area contributed by atoms with E-state index in [2.05, 4.69) is 49.8 Å². The van der Waals surface area contributed by atoms with Gasteiger partial charge in [-0.15, -0.1) is 0 Å². The molecular weight excluding hydrogens is 314 g/mol. The van der Waals surface area contributed by atoms with Crippen LogP contribution in [0.1, 0.15) is 17.7 Å². The number of aromatic nitrogens is 1. The van der Waals surface area contributed by atoms with E-state index in [4.69, 9.17) is 0 Å². The smallest absolute Gasteiger partial charge is 0.0528 e. The first-order valence-corrected chi connectivity index (χ1v) is 8.32. The zero-order valence-electron chi connectivity index (χ0n) is 11.9. The van der Waals surface area contributed by atoms with Gasteiger partial charge in [-0.05, 0) is 53.4 Å². The van der Waals surface area contributed by atoms with E-state index in [-0.39, 0.29) is 0 Å². The molecule has 2 aliphatic rings. The Labute approximate surface area is 128 Å². The molecule has 1 N–H and O–H groups in total. The van der Waals surface area contributed by atoms with Crippen molar-refractivity contribution in [1.82, 2.24) is 9.88 Å². The molecule has 3 heterocycles. The molecule has 2 aliphatic heterocycles. The zero-order chi connectivity index (χ0) is 13.7. The van der Waals surface area contributed by atoms with Crippen LogP contribution in [0.3, 0.4) is 0 Å². The summed E-state index contributed by atoms with van der Waals surface area (Å²) in [5.41, 5.74) is 5.75. The lowest BCUT2D eigenvalue weighted by Crippen LogP contribution is -2.43. The van der Waals surface area contributed by atoms with Crippen molar-refractivity contribution in [1.29, 1.82) is 0 Å². The first-order valence-electron chi connectivity index (χ1n) is 7.52. The molecule has 0 saturated carbocycles. The molecule has 0 radical (unpaired) electrons. The van der Waals surface area contributed by atoms with E-state index in [0.717, 1.165) is 32.7 Å². The summed E-state index contributed by atoms with van der Waals surface area (Å²) in [7, 11) is 0. The minimum Gasteiger partial charge on any atom is -0.369 e. The van der Waals surface area contributed by atoms with Crippen molar-refractivity contribution in [2.75, 3.05) is 31.1 Å². The molecular formula is C16H20BrN3. The quantitative estimate of drug-likeness (QED) is 0.865. The molecule has 1 aromatic carbocycles. The molecule has 0 atom stereocenters. The van der Waals surface area contributed by atoms with Crippen molar-refractivity contribution in [2.24, 2.45) is 0 Å². The van der Waals surface area contributed by atoms with Gasteiger partial charge in [0.15, 0.2) is 0 Å². The van der Waals surface area contributed by atoms with Gasteiger partial charge in [-0.3, -0.25) is 0 Å². The van der Waals surface area contributed by atoms with Crippen molar-refractivity contribution < 1.29 is 0 Å².